The maximum Gasteiger partial charge on any atom is 0.257 e. The van der Waals surface area contributed by atoms with Crippen LogP contribution in [0.2, 0.25) is 0 Å². The van der Waals surface area contributed by atoms with Crippen molar-refractivity contribution in [1.29, 1.82) is 0 Å². The van der Waals surface area contributed by atoms with Crippen molar-refractivity contribution in [3.05, 3.63) is 64.3 Å². The zero-order chi connectivity index (χ0) is 15.5. The summed E-state index contributed by atoms with van der Waals surface area (Å²) < 4.78 is 1.57. The van der Waals surface area contributed by atoms with Crippen molar-refractivity contribution in [1.82, 2.24) is 25.2 Å². The molecule has 0 unspecified atom stereocenters. The average Bonchev–Trinajstić information content (AvgIpc) is 2.94. The first kappa shape index (κ1) is 13.7. The van der Waals surface area contributed by atoms with Crippen LogP contribution in [0.1, 0.15) is 16.2 Å². The molecule has 2 aromatic heterocycles. The van der Waals surface area contributed by atoms with Gasteiger partial charge >= 0.3 is 0 Å². The minimum absolute atomic E-state index is 0.257. The van der Waals surface area contributed by atoms with E-state index in [2.05, 4.69) is 25.8 Å². The fraction of sp³-hybridized carbons (Fsp3) is 0.0714. The van der Waals surface area contributed by atoms with Gasteiger partial charge in [0.1, 0.15) is 0 Å². The van der Waals surface area contributed by atoms with Crippen LogP contribution in [0.25, 0.3) is 5.69 Å². The lowest BCUT2D eigenvalue weighted by molar-refractivity contribution is 0.102. The molecular formula is C14H12N6O2. The molecule has 0 aliphatic carbocycles. The van der Waals surface area contributed by atoms with E-state index >= 15 is 0 Å². The Morgan fingerprint density at radius 2 is 2.14 bits per heavy atom. The lowest BCUT2D eigenvalue weighted by Gasteiger charge is -2.07. The maximum absolute atomic E-state index is 12.1. The lowest BCUT2D eigenvalue weighted by Crippen LogP contribution is -2.14. The predicted molar refractivity (Wildman–Crippen MR) is 78.9 cm³/mol. The number of hydrogen-bond donors (Lipinski definition) is 2. The Bertz CT molecular complexity index is 862. The molecule has 0 atom stereocenters. The number of rotatable bonds is 3. The van der Waals surface area contributed by atoms with Gasteiger partial charge in [-0.25, -0.2) is 0 Å². The Labute approximate surface area is 124 Å². The van der Waals surface area contributed by atoms with Gasteiger partial charge in [0.05, 0.1) is 11.3 Å². The lowest BCUT2D eigenvalue weighted by atomic mass is 10.2. The third-order valence-electron chi connectivity index (χ3n) is 3.02. The van der Waals surface area contributed by atoms with Gasteiger partial charge in [0.15, 0.2) is 5.82 Å². The summed E-state index contributed by atoms with van der Waals surface area (Å²) in [5.74, 6) is 0.325. The van der Waals surface area contributed by atoms with Crippen LogP contribution in [0.5, 0.6) is 0 Å². The summed E-state index contributed by atoms with van der Waals surface area (Å²) in [4.78, 5) is 25.6. The van der Waals surface area contributed by atoms with E-state index in [-0.39, 0.29) is 11.5 Å². The van der Waals surface area contributed by atoms with Gasteiger partial charge in [0.2, 0.25) is 5.56 Å². The van der Waals surface area contributed by atoms with Crippen LogP contribution < -0.4 is 10.9 Å². The van der Waals surface area contributed by atoms with E-state index in [9.17, 15) is 9.59 Å². The highest BCUT2D eigenvalue weighted by Gasteiger charge is 2.08. The van der Waals surface area contributed by atoms with Crippen LogP contribution in [0.3, 0.4) is 0 Å². The van der Waals surface area contributed by atoms with E-state index in [1.165, 1.54) is 18.3 Å². The number of hydrogen-bond acceptors (Lipinski definition) is 5. The molecule has 0 saturated carbocycles. The number of aromatic nitrogens is 5. The highest BCUT2D eigenvalue weighted by atomic mass is 16.1. The fourth-order valence-electron chi connectivity index (χ4n) is 1.94. The number of carbonyl (C=O) groups is 1. The number of H-pyrrole nitrogens is 1. The zero-order valence-electron chi connectivity index (χ0n) is 11.6. The molecular weight excluding hydrogens is 284 g/mol. The largest absolute Gasteiger partial charge is 0.328 e. The minimum atomic E-state index is -0.318. The number of nitrogens with zero attached hydrogens (tertiary/aromatic N) is 4. The molecule has 22 heavy (non-hydrogen) atoms. The molecule has 0 aliphatic heterocycles. The molecule has 0 radical (unpaired) electrons. The Morgan fingerprint density at radius 3 is 2.82 bits per heavy atom. The number of nitrogens with one attached hydrogen (secondary N) is 2. The molecule has 2 heterocycles. The number of aryl methyl sites for hydroxylation is 1. The molecule has 2 N–H and O–H groups in total. The van der Waals surface area contributed by atoms with Crippen molar-refractivity contribution in [2.24, 2.45) is 0 Å². The number of carbonyl (C=O) groups excluding carboxylic acids is 1. The van der Waals surface area contributed by atoms with Crippen LogP contribution in [0.4, 0.5) is 5.69 Å². The Hall–Kier alpha value is -3.29. The summed E-state index contributed by atoms with van der Waals surface area (Å²) in [5, 5.41) is 14.0. The first-order valence-electron chi connectivity index (χ1n) is 6.49. The summed E-state index contributed by atoms with van der Waals surface area (Å²) >= 11 is 0. The molecule has 8 heteroatoms. The van der Waals surface area contributed by atoms with Crippen molar-refractivity contribution in [3.8, 4) is 5.69 Å². The second kappa shape index (κ2) is 5.60. The monoisotopic (exact) mass is 296 g/mol. The van der Waals surface area contributed by atoms with Crippen LogP contribution in [-0.2, 0) is 0 Å². The van der Waals surface area contributed by atoms with Crippen molar-refractivity contribution in [3.63, 3.8) is 0 Å². The molecule has 1 amide bonds. The van der Waals surface area contributed by atoms with Crippen molar-refractivity contribution >= 4 is 11.6 Å². The number of aromatic amines is 1. The summed E-state index contributed by atoms with van der Waals surface area (Å²) in [7, 11) is 0. The number of tetrazole rings is 1. The highest BCUT2D eigenvalue weighted by molar-refractivity contribution is 6.04. The second-order valence-electron chi connectivity index (χ2n) is 4.58. The molecule has 1 aromatic carbocycles. The topological polar surface area (TPSA) is 106 Å². The molecule has 3 aromatic rings. The van der Waals surface area contributed by atoms with Gasteiger partial charge < -0.3 is 10.3 Å². The number of amides is 1. The Kier molecular flexibility index (Phi) is 3.48. The predicted octanol–water partition coefficient (Wildman–Crippen LogP) is 0.911. The summed E-state index contributed by atoms with van der Waals surface area (Å²) in [6.45, 7) is 1.78. The van der Waals surface area contributed by atoms with Gasteiger partial charge in [-0.1, -0.05) is 6.07 Å². The van der Waals surface area contributed by atoms with Gasteiger partial charge in [-0.3, -0.25) is 9.59 Å². The van der Waals surface area contributed by atoms with Gasteiger partial charge in [0.25, 0.3) is 5.91 Å². The normalized spacial score (nSPS) is 10.4. The molecule has 0 aliphatic rings. The second-order valence-corrected chi connectivity index (χ2v) is 4.58. The van der Waals surface area contributed by atoms with E-state index in [4.69, 9.17) is 0 Å². The van der Waals surface area contributed by atoms with Gasteiger partial charge in [-0.15, -0.1) is 5.10 Å². The summed E-state index contributed by atoms with van der Waals surface area (Å²) in [6, 6.07) is 9.90. The SMILES string of the molecule is Cc1nnnn1-c1cccc(NC(=O)c2ccc(=O)[nH]c2)c1. The highest BCUT2D eigenvalue weighted by Crippen LogP contribution is 2.15. The number of benzene rings is 1. The maximum atomic E-state index is 12.1. The summed E-state index contributed by atoms with van der Waals surface area (Å²) in [6.07, 6.45) is 1.37. The third-order valence-corrected chi connectivity index (χ3v) is 3.02. The summed E-state index contributed by atoms with van der Waals surface area (Å²) in [5.41, 5.74) is 1.45. The van der Waals surface area contributed by atoms with E-state index in [1.54, 1.807) is 29.8 Å². The van der Waals surface area contributed by atoms with E-state index in [0.29, 0.717) is 17.1 Å². The van der Waals surface area contributed by atoms with E-state index in [1.807, 2.05) is 6.07 Å². The van der Waals surface area contributed by atoms with Crippen LogP contribution in [0, 0.1) is 6.92 Å². The van der Waals surface area contributed by atoms with Gasteiger partial charge in [0, 0.05) is 18.0 Å². The van der Waals surface area contributed by atoms with Crippen molar-refractivity contribution in [2.45, 2.75) is 6.92 Å². The standard InChI is InChI=1S/C14H12N6O2/c1-9-17-18-19-20(9)12-4-2-3-11(7-12)16-14(22)10-5-6-13(21)15-8-10/h2-8H,1H3,(H,15,21)(H,16,22). The zero-order valence-corrected chi connectivity index (χ0v) is 11.6. The molecule has 0 bridgehead atoms. The van der Waals surface area contributed by atoms with Gasteiger partial charge in [-0.2, -0.15) is 4.68 Å². The third kappa shape index (κ3) is 2.75. The molecule has 110 valence electrons. The molecule has 8 nitrogen and oxygen atoms in total. The van der Waals surface area contributed by atoms with E-state index in [0.717, 1.165) is 5.69 Å². The van der Waals surface area contributed by atoms with Crippen molar-refractivity contribution in [2.75, 3.05) is 5.32 Å². The van der Waals surface area contributed by atoms with E-state index < -0.39 is 0 Å². The molecule has 0 fully saturated rings. The Balaban J connectivity index is 1.84. The van der Waals surface area contributed by atoms with Crippen LogP contribution in [0.15, 0.2) is 47.4 Å². The first-order chi connectivity index (χ1) is 10.6. The average molecular weight is 296 g/mol. The number of anilines is 1. The van der Waals surface area contributed by atoms with Crippen LogP contribution >= 0.6 is 0 Å². The smallest absolute Gasteiger partial charge is 0.257 e. The molecule has 0 spiro atoms. The Morgan fingerprint density at radius 1 is 1.27 bits per heavy atom. The first-order valence-corrected chi connectivity index (χ1v) is 6.49. The minimum Gasteiger partial charge on any atom is -0.328 e. The van der Waals surface area contributed by atoms with Crippen LogP contribution in [-0.4, -0.2) is 31.1 Å². The molecule has 0 saturated heterocycles. The van der Waals surface area contributed by atoms with Gasteiger partial charge in [-0.05, 0) is 41.6 Å². The van der Waals surface area contributed by atoms with Crippen molar-refractivity contribution < 1.29 is 4.79 Å². The molecule has 3 rings (SSSR count). The quantitative estimate of drug-likeness (QED) is 0.747. The fourth-order valence-corrected chi connectivity index (χ4v) is 1.94. The number of pyridine rings is 1.